The Hall–Kier alpha value is -0.870. The molecule has 102 valence electrons. The van der Waals surface area contributed by atoms with Gasteiger partial charge in [-0.2, -0.15) is 5.10 Å². The Bertz CT molecular complexity index is 370. The lowest BCUT2D eigenvalue weighted by Gasteiger charge is -2.35. The van der Waals surface area contributed by atoms with Crippen molar-refractivity contribution in [3.8, 4) is 0 Å². The smallest absolute Gasteiger partial charge is 0.0666 e. The average Bonchev–Trinajstić information content (AvgIpc) is 2.72. The minimum atomic E-state index is 0.689. The summed E-state index contributed by atoms with van der Waals surface area (Å²) in [5.74, 6) is 0. The minimum absolute atomic E-state index is 0.689. The fourth-order valence-electron chi connectivity index (χ4n) is 2.97. The third-order valence-electron chi connectivity index (χ3n) is 3.89. The summed E-state index contributed by atoms with van der Waals surface area (Å²) in [6, 6.07) is 0.689. The van der Waals surface area contributed by atoms with Crippen LogP contribution in [0.25, 0.3) is 0 Å². The van der Waals surface area contributed by atoms with Gasteiger partial charge >= 0.3 is 0 Å². The van der Waals surface area contributed by atoms with E-state index in [1.54, 1.807) is 0 Å². The zero-order chi connectivity index (χ0) is 13.0. The summed E-state index contributed by atoms with van der Waals surface area (Å²) in [6.07, 6.45) is 7.24. The molecule has 1 atom stereocenters. The number of likely N-dealkylation sites (tertiary alicyclic amines) is 1. The van der Waals surface area contributed by atoms with Crippen molar-refractivity contribution in [3.05, 3.63) is 17.5 Å². The molecule has 4 heteroatoms. The molecule has 1 aromatic heterocycles. The van der Waals surface area contributed by atoms with E-state index in [4.69, 9.17) is 0 Å². The highest BCUT2D eigenvalue weighted by Crippen LogP contribution is 2.20. The quantitative estimate of drug-likeness (QED) is 0.861. The van der Waals surface area contributed by atoms with Crippen LogP contribution in [0, 0.1) is 0 Å². The summed E-state index contributed by atoms with van der Waals surface area (Å²) in [5, 5.41) is 7.86. The Kier molecular flexibility index (Phi) is 4.78. The van der Waals surface area contributed by atoms with Crippen LogP contribution >= 0.6 is 0 Å². The van der Waals surface area contributed by atoms with Crippen molar-refractivity contribution in [1.29, 1.82) is 0 Å². The first kappa shape index (κ1) is 13.6. The lowest BCUT2D eigenvalue weighted by Crippen LogP contribution is -2.44. The zero-order valence-corrected chi connectivity index (χ0v) is 11.9. The molecular weight excluding hydrogens is 224 g/mol. The number of aryl methyl sites for hydroxylation is 2. The predicted molar refractivity (Wildman–Crippen MR) is 74.6 cm³/mol. The molecule has 1 saturated heterocycles. The monoisotopic (exact) mass is 250 g/mol. The number of piperidine rings is 1. The van der Waals surface area contributed by atoms with Gasteiger partial charge in [-0.15, -0.1) is 0 Å². The highest BCUT2D eigenvalue weighted by molar-refractivity contribution is 5.17. The predicted octanol–water partition coefficient (Wildman–Crippen LogP) is 1.56. The Labute approximate surface area is 110 Å². The molecule has 0 aliphatic carbocycles. The van der Waals surface area contributed by atoms with Gasteiger partial charge in [-0.25, -0.2) is 0 Å². The van der Waals surface area contributed by atoms with Crippen LogP contribution in [0.1, 0.15) is 37.4 Å². The third kappa shape index (κ3) is 3.12. The van der Waals surface area contributed by atoms with E-state index in [1.807, 2.05) is 18.8 Å². The summed E-state index contributed by atoms with van der Waals surface area (Å²) < 4.78 is 1.95. The topological polar surface area (TPSA) is 33.1 Å². The van der Waals surface area contributed by atoms with Crippen LogP contribution in [0.15, 0.2) is 6.20 Å². The number of nitrogens with zero attached hydrogens (tertiary/aromatic N) is 3. The molecule has 1 fully saturated rings. The summed E-state index contributed by atoms with van der Waals surface area (Å²) in [6.45, 7) is 5.57. The van der Waals surface area contributed by atoms with E-state index in [1.165, 1.54) is 37.1 Å². The van der Waals surface area contributed by atoms with E-state index in [9.17, 15) is 0 Å². The normalized spacial score (nSPS) is 21.4. The van der Waals surface area contributed by atoms with E-state index < -0.39 is 0 Å². The average molecular weight is 250 g/mol. The van der Waals surface area contributed by atoms with Gasteiger partial charge in [0, 0.05) is 37.9 Å². The van der Waals surface area contributed by atoms with Crippen LogP contribution in [0.3, 0.4) is 0 Å². The molecule has 0 saturated carbocycles. The van der Waals surface area contributed by atoms with Gasteiger partial charge in [0.25, 0.3) is 0 Å². The Balaban J connectivity index is 2.05. The van der Waals surface area contributed by atoms with E-state index in [0.29, 0.717) is 6.04 Å². The van der Waals surface area contributed by atoms with Crippen molar-refractivity contribution >= 4 is 0 Å². The van der Waals surface area contributed by atoms with Gasteiger partial charge in [0.05, 0.1) is 5.69 Å². The molecule has 0 amide bonds. The van der Waals surface area contributed by atoms with Gasteiger partial charge < -0.3 is 5.32 Å². The number of hydrogen-bond donors (Lipinski definition) is 1. The molecule has 18 heavy (non-hydrogen) atoms. The molecule has 4 nitrogen and oxygen atoms in total. The fourth-order valence-corrected chi connectivity index (χ4v) is 2.97. The first-order chi connectivity index (χ1) is 8.74. The summed E-state index contributed by atoms with van der Waals surface area (Å²) in [5.41, 5.74) is 2.66. The highest BCUT2D eigenvalue weighted by Gasteiger charge is 2.22. The van der Waals surface area contributed by atoms with Crippen LogP contribution in [0.4, 0.5) is 0 Å². The van der Waals surface area contributed by atoms with Crippen molar-refractivity contribution in [2.24, 2.45) is 7.05 Å². The Morgan fingerprint density at radius 1 is 1.44 bits per heavy atom. The van der Waals surface area contributed by atoms with Gasteiger partial charge in [-0.3, -0.25) is 9.58 Å². The van der Waals surface area contributed by atoms with Crippen molar-refractivity contribution in [1.82, 2.24) is 20.0 Å². The lowest BCUT2D eigenvalue weighted by molar-refractivity contribution is 0.139. The molecule has 0 bridgehead atoms. The van der Waals surface area contributed by atoms with E-state index >= 15 is 0 Å². The lowest BCUT2D eigenvalue weighted by atomic mass is 10.0. The standard InChI is InChI=1S/C14H26N4/c1-4-14-12(10-17(3)16-14)11-18-8-6-5-7-13(18)9-15-2/h10,13,15H,4-9,11H2,1-3H3. The van der Waals surface area contributed by atoms with Gasteiger partial charge in [-0.1, -0.05) is 13.3 Å². The van der Waals surface area contributed by atoms with E-state index in [0.717, 1.165) is 19.5 Å². The number of hydrogen-bond acceptors (Lipinski definition) is 3. The number of rotatable bonds is 5. The first-order valence-electron chi connectivity index (χ1n) is 7.14. The maximum atomic E-state index is 4.54. The molecular formula is C14H26N4. The van der Waals surface area contributed by atoms with Crippen LogP contribution in [-0.4, -0.2) is 40.9 Å². The molecule has 1 aromatic rings. The second-order valence-electron chi connectivity index (χ2n) is 5.31. The molecule has 1 unspecified atom stereocenters. The number of nitrogens with one attached hydrogen (secondary N) is 1. The van der Waals surface area contributed by atoms with Crippen molar-refractivity contribution < 1.29 is 0 Å². The van der Waals surface area contributed by atoms with Crippen LogP contribution in [0.5, 0.6) is 0 Å². The number of likely N-dealkylation sites (N-methyl/N-ethyl adjacent to an activating group) is 1. The zero-order valence-electron chi connectivity index (χ0n) is 11.9. The number of aromatic nitrogens is 2. The summed E-state index contributed by atoms with van der Waals surface area (Å²) in [4.78, 5) is 2.62. The van der Waals surface area contributed by atoms with Crippen molar-refractivity contribution in [3.63, 3.8) is 0 Å². The van der Waals surface area contributed by atoms with E-state index in [-0.39, 0.29) is 0 Å². The molecule has 0 aromatic carbocycles. The molecule has 0 spiro atoms. The van der Waals surface area contributed by atoms with E-state index in [2.05, 4.69) is 28.4 Å². The van der Waals surface area contributed by atoms with Gasteiger partial charge in [0.1, 0.15) is 0 Å². The largest absolute Gasteiger partial charge is 0.318 e. The molecule has 1 aliphatic heterocycles. The maximum Gasteiger partial charge on any atom is 0.0666 e. The summed E-state index contributed by atoms with van der Waals surface area (Å²) >= 11 is 0. The van der Waals surface area contributed by atoms with Crippen molar-refractivity contribution in [2.45, 2.75) is 45.2 Å². The fraction of sp³-hybridized carbons (Fsp3) is 0.786. The Morgan fingerprint density at radius 3 is 3.00 bits per heavy atom. The third-order valence-corrected chi connectivity index (χ3v) is 3.89. The molecule has 1 aliphatic rings. The van der Waals surface area contributed by atoms with Gasteiger partial charge in [0.2, 0.25) is 0 Å². The molecule has 2 heterocycles. The van der Waals surface area contributed by atoms with Gasteiger partial charge in [0.15, 0.2) is 0 Å². The van der Waals surface area contributed by atoms with Crippen molar-refractivity contribution in [2.75, 3.05) is 20.1 Å². The van der Waals surface area contributed by atoms with Crippen LogP contribution in [0.2, 0.25) is 0 Å². The first-order valence-corrected chi connectivity index (χ1v) is 7.14. The maximum absolute atomic E-state index is 4.54. The Morgan fingerprint density at radius 2 is 2.28 bits per heavy atom. The van der Waals surface area contributed by atoms with Gasteiger partial charge in [-0.05, 0) is 32.9 Å². The molecule has 0 radical (unpaired) electrons. The molecule has 1 N–H and O–H groups in total. The van der Waals surface area contributed by atoms with Crippen LogP contribution < -0.4 is 5.32 Å². The highest BCUT2D eigenvalue weighted by atomic mass is 15.3. The second kappa shape index (κ2) is 6.34. The second-order valence-corrected chi connectivity index (χ2v) is 5.31. The summed E-state index contributed by atoms with van der Waals surface area (Å²) in [7, 11) is 4.07. The SMILES string of the molecule is CCc1nn(C)cc1CN1CCCCC1CNC. The van der Waals surface area contributed by atoms with Crippen LogP contribution in [-0.2, 0) is 20.0 Å². The minimum Gasteiger partial charge on any atom is -0.318 e. The molecule has 2 rings (SSSR count).